The SMILES string of the molecule is CC(C)c1noc(C2CCN(C(=O)[C@H]3COc4ccccc4C3)CC2)n1. The van der Waals surface area contributed by atoms with Gasteiger partial charge in [0.05, 0.1) is 5.92 Å². The van der Waals surface area contributed by atoms with E-state index in [0.29, 0.717) is 6.61 Å². The Morgan fingerprint density at radius 2 is 2.00 bits per heavy atom. The molecule has 1 saturated heterocycles. The van der Waals surface area contributed by atoms with Crippen molar-refractivity contribution in [1.29, 1.82) is 0 Å². The molecule has 0 saturated carbocycles. The van der Waals surface area contributed by atoms with Crippen LogP contribution in [0.4, 0.5) is 0 Å². The zero-order valence-corrected chi connectivity index (χ0v) is 15.4. The highest BCUT2D eigenvalue weighted by Gasteiger charge is 2.33. The lowest BCUT2D eigenvalue weighted by molar-refractivity contribution is -0.138. The van der Waals surface area contributed by atoms with E-state index in [0.717, 1.165) is 55.4 Å². The summed E-state index contributed by atoms with van der Waals surface area (Å²) in [6.45, 7) is 6.06. The number of hydrogen-bond donors (Lipinski definition) is 0. The molecular formula is C20H25N3O3. The van der Waals surface area contributed by atoms with E-state index in [1.54, 1.807) is 0 Å². The first-order valence-electron chi connectivity index (χ1n) is 9.45. The third kappa shape index (κ3) is 3.32. The van der Waals surface area contributed by atoms with Crippen LogP contribution in [-0.2, 0) is 11.2 Å². The number of hydrogen-bond acceptors (Lipinski definition) is 5. The van der Waals surface area contributed by atoms with Gasteiger partial charge in [-0.25, -0.2) is 0 Å². The van der Waals surface area contributed by atoms with Crippen molar-refractivity contribution >= 4 is 5.91 Å². The van der Waals surface area contributed by atoms with Crippen molar-refractivity contribution in [1.82, 2.24) is 15.0 Å². The summed E-state index contributed by atoms with van der Waals surface area (Å²) < 4.78 is 11.2. The van der Waals surface area contributed by atoms with E-state index in [2.05, 4.69) is 24.0 Å². The second-order valence-corrected chi connectivity index (χ2v) is 7.56. The van der Waals surface area contributed by atoms with Crippen LogP contribution < -0.4 is 4.74 Å². The molecule has 6 heteroatoms. The first-order chi connectivity index (χ1) is 12.6. The number of rotatable bonds is 3. The van der Waals surface area contributed by atoms with Gasteiger partial charge in [-0.3, -0.25) is 4.79 Å². The Morgan fingerprint density at radius 3 is 2.73 bits per heavy atom. The third-order valence-corrected chi connectivity index (χ3v) is 5.36. The number of amides is 1. The van der Waals surface area contributed by atoms with Gasteiger partial charge in [0.1, 0.15) is 12.4 Å². The molecule has 1 aromatic heterocycles. The normalized spacial score (nSPS) is 20.7. The van der Waals surface area contributed by atoms with Gasteiger partial charge in [-0.15, -0.1) is 0 Å². The average Bonchev–Trinajstić information content (AvgIpc) is 3.18. The Balaban J connectivity index is 1.35. The molecule has 0 spiro atoms. The summed E-state index contributed by atoms with van der Waals surface area (Å²) in [7, 11) is 0. The number of carbonyl (C=O) groups excluding carboxylic acids is 1. The summed E-state index contributed by atoms with van der Waals surface area (Å²) in [6.07, 6.45) is 2.50. The first kappa shape index (κ1) is 17.1. The topological polar surface area (TPSA) is 68.5 Å². The molecule has 138 valence electrons. The third-order valence-electron chi connectivity index (χ3n) is 5.36. The van der Waals surface area contributed by atoms with Crippen LogP contribution in [0.25, 0.3) is 0 Å². The Morgan fingerprint density at radius 1 is 1.23 bits per heavy atom. The molecule has 0 N–H and O–H groups in total. The van der Waals surface area contributed by atoms with E-state index in [1.165, 1.54) is 0 Å². The second-order valence-electron chi connectivity index (χ2n) is 7.56. The van der Waals surface area contributed by atoms with Gasteiger partial charge in [-0.1, -0.05) is 37.2 Å². The summed E-state index contributed by atoms with van der Waals surface area (Å²) in [4.78, 5) is 19.4. The number of ether oxygens (including phenoxy) is 1. The van der Waals surface area contributed by atoms with Crippen molar-refractivity contribution in [2.75, 3.05) is 19.7 Å². The van der Waals surface area contributed by atoms with Gasteiger partial charge in [0.25, 0.3) is 0 Å². The lowest BCUT2D eigenvalue weighted by Gasteiger charge is -2.34. The van der Waals surface area contributed by atoms with Gasteiger partial charge in [-0.2, -0.15) is 4.98 Å². The smallest absolute Gasteiger partial charge is 0.229 e. The lowest BCUT2D eigenvalue weighted by Crippen LogP contribution is -2.44. The van der Waals surface area contributed by atoms with Crippen LogP contribution in [-0.4, -0.2) is 40.6 Å². The van der Waals surface area contributed by atoms with Crippen molar-refractivity contribution in [3.8, 4) is 5.75 Å². The van der Waals surface area contributed by atoms with Gasteiger partial charge < -0.3 is 14.2 Å². The van der Waals surface area contributed by atoms with Crippen LogP contribution in [0.5, 0.6) is 5.75 Å². The molecule has 4 rings (SSSR count). The standard InChI is InChI=1S/C20H25N3O3/c1-13(2)18-21-19(26-22-18)14-7-9-23(10-8-14)20(24)16-11-15-5-3-4-6-17(15)25-12-16/h3-6,13-14,16H,7-12H2,1-2H3/t16-/m1/s1. The van der Waals surface area contributed by atoms with Crippen LogP contribution in [0.3, 0.4) is 0 Å². The van der Waals surface area contributed by atoms with Gasteiger partial charge in [-0.05, 0) is 30.9 Å². The molecule has 2 aromatic rings. The fourth-order valence-corrected chi connectivity index (χ4v) is 3.74. The minimum Gasteiger partial charge on any atom is -0.492 e. The van der Waals surface area contributed by atoms with E-state index >= 15 is 0 Å². The predicted octanol–water partition coefficient (Wildman–Crippen LogP) is 3.15. The molecule has 6 nitrogen and oxygen atoms in total. The van der Waals surface area contributed by atoms with Crippen LogP contribution in [0.2, 0.25) is 0 Å². The van der Waals surface area contributed by atoms with E-state index < -0.39 is 0 Å². The van der Waals surface area contributed by atoms with Crippen molar-refractivity contribution in [2.45, 2.75) is 44.9 Å². The number of aromatic nitrogens is 2. The largest absolute Gasteiger partial charge is 0.492 e. The monoisotopic (exact) mass is 355 g/mol. The maximum absolute atomic E-state index is 12.9. The Bertz CT molecular complexity index is 778. The highest BCUT2D eigenvalue weighted by atomic mass is 16.5. The number of para-hydroxylation sites is 1. The van der Waals surface area contributed by atoms with E-state index in [9.17, 15) is 4.79 Å². The molecule has 1 amide bonds. The minimum absolute atomic E-state index is 0.0857. The second kappa shape index (κ2) is 7.09. The summed E-state index contributed by atoms with van der Waals surface area (Å²) in [5.41, 5.74) is 1.12. The summed E-state index contributed by atoms with van der Waals surface area (Å²) in [5, 5.41) is 4.06. The van der Waals surface area contributed by atoms with Gasteiger partial charge in [0.2, 0.25) is 11.8 Å². The summed E-state index contributed by atoms with van der Waals surface area (Å²) in [5.74, 6) is 3.02. The maximum Gasteiger partial charge on any atom is 0.229 e. The van der Waals surface area contributed by atoms with Gasteiger partial charge >= 0.3 is 0 Å². The lowest BCUT2D eigenvalue weighted by atomic mass is 9.92. The quantitative estimate of drug-likeness (QED) is 0.846. The fraction of sp³-hybridized carbons (Fsp3) is 0.550. The molecule has 2 aliphatic heterocycles. The number of carbonyl (C=O) groups is 1. The molecule has 1 atom stereocenters. The van der Waals surface area contributed by atoms with Crippen molar-refractivity contribution in [3.63, 3.8) is 0 Å². The molecule has 0 unspecified atom stereocenters. The Labute approximate surface area is 153 Å². The zero-order valence-electron chi connectivity index (χ0n) is 15.4. The van der Waals surface area contributed by atoms with E-state index in [4.69, 9.17) is 9.26 Å². The van der Waals surface area contributed by atoms with E-state index in [-0.39, 0.29) is 23.7 Å². The van der Waals surface area contributed by atoms with Crippen LogP contribution >= 0.6 is 0 Å². The molecule has 1 fully saturated rings. The van der Waals surface area contributed by atoms with E-state index in [1.807, 2.05) is 29.2 Å². The zero-order chi connectivity index (χ0) is 18.1. The maximum atomic E-state index is 12.9. The minimum atomic E-state index is -0.0857. The molecule has 0 radical (unpaired) electrons. The highest BCUT2D eigenvalue weighted by Crippen LogP contribution is 2.31. The van der Waals surface area contributed by atoms with Crippen molar-refractivity contribution < 1.29 is 14.1 Å². The predicted molar refractivity (Wildman–Crippen MR) is 96.1 cm³/mol. The van der Waals surface area contributed by atoms with Crippen LogP contribution in [0.1, 0.15) is 55.8 Å². The summed E-state index contributed by atoms with van der Waals surface area (Å²) in [6, 6.07) is 7.98. The molecule has 26 heavy (non-hydrogen) atoms. The Hall–Kier alpha value is -2.37. The number of likely N-dealkylation sites (tertiary alicyclic amines) is 1. The fourth-order valence-electron chi connectivity index (χ4n) is 3.74. The molecule has 0 bridgehead atoms. The Kier molecular flexibility index (Phi) is 4.66. The van der Waals surface area contributed by atoms with Crippen LogP contribution in [0.15, 0.2) is 28.8 Å². The van der Waals surface area contributed by atoms with Gasteiger partial charge in [0, 0.05) is 24.9 Å². The molecule has 3 heterocycles. The van der Waals surface area contributed by atoms with Gasteiger partial charge in [0.15, 0.2) is 5.82 Å². The first-order valence-corrected chi connectivity index (χ1v) is 9.45. The number of fused-ring (bicyclic) bond motifs is 1. The highest BCUT2D eigenvalue weighted by molar-refractivity contribution is 5.80. The molecule has 2 aliphatic rings. The number of piperidine rings is 1. The summed E-state index contributed by atoms with van der Waals surface area (Å²) >= 11 is 0. The van der Waals surface area contributed by atoms with Crippen molar-refractivity contribution in [3.05, 3.63) is 41.5 Å². The average molecular weight is 355 g/mol. The number of nitrogens with zero attached hydrogens (tertiary/aromatic N) is 3. The number of benzene rings is 1. The van der Waals surface area contributed by atoms with Crippen LogP contribution in [0, 0.1) is 5.92 Å². The van der Waals surface area contributed by atoms with Crippen molar-refractivity contribution in [2.24, 2.45) is 5.92 Å². The molecule has 0 aliphatic carbocycles. The molecular weight excluding hydrogens is 330 g/mol. The molecule has 1 aromatic carbocycles.